The maximum Gasteiger partial charge on any atom is 0.311 e. The summed E-state index contributed by atoms with van der Waals surface area (Å²) < 4.78 is 32.3. The molecule has 136 valence electrons. The van der Waals surface area contributed by atoms with Crippen molar-refractivity contribution >= 4 is 27.7 Å². The number of carbonyl (C=O) groups excluding carboxylic acids is 1. The quantitative estimate of drug-likeness (QED) is 0.683. The van der Waals surface area contributed by atoms with Crippen LogP contribution < -0.4 is 5.32 Å². The van der Waals surface area contributed by atoms with E-state index >= 15 is 0 Å². The third-order valence-corrected chi connectivity index (χ3v) is 5.74. The molecule has 0 unspecified atom stereocenters. The van der Waals surface area contributed by atoms with Gasteiger partial charge >= 0.3 is 5.97 Å². The minimum Gasteiger partial charge on any atom is -0.481 e. The predicted octanol–water partition coefficient (Wildman–Crippen LogP) is -0.518. The molecule has 0 spiro atoms. The van der Waals surface area contributed by atoms with Crippen molar-refractivity contribution in [2.45, 2.75) is 12.8 Å². The molecule has 10 heteroatoms. The van der Waals surface area contributed by atoms with Crippen molar-refractivity contribution in [2.24, 2.45) is 9.81 Å². The monoisotopic (exact) mass is 369 g/mol. The van der Waals surface area contributed by atoms with Gasteiger partial charge in [0.25, 0.3) is 15.9 Å². The van der Waals surface area contributed by atoms with Crippen LogP contribution in [0, 0.1) is 5.41 Å². The number of aliphatic carboxylic acids is 1. The fourth-order valence-corrected chi connectivity index (χ4v) is 3.95. The first-order chi connectivity index (χ1) is 11.8. The van der Waals surface area contributed by atoms with E-state index in [0.717, 1.165) is 0 Å². The number of fused-ring (bicyclic) bond motifs is 1. The van der Waals surface area contributed by atoms with Gasteiger partial charge in [-0.05, 0) is 25.0 Å². The highest BCUT2D eigenvalue weighted by Gasteiger charge is 2.41. The first-order valence-corrected chi connectivity index (χ1v) is 9.51. The van der Waals surface area contributed by atoms with Gasteiger partial charge in [0, 0.05) is 32.5 Å². The zero-order chi connectivity index (χ0) is 18.1. The average molecular weight is 369 g/mol. The number of carboxylic acids is 1. The van der Waals surface area contributed by atoms with E-state index in [-0.39, 0.29) is 30.3 Å². The van der Waals surface area contributed by atoms with E-state index in [1.54, 1.807) is 17.2 Å². The van der Waals surface area contributed by atoms with E-state index in [9.17, 15) is 23.1 Å². The largest absolute Gasteiger partial charge is 0.481 e. The number of hydrogen-bond donors (Lipinski definition) is 2. The van der Waals surface area contributed by atoms with Crippen molar-refractivity contribution in [3.63, 3.8) is 0 Å². The van der Waals surface area contributed by atoms with Crippen LogP contribution in [0.15, 0.2) is 28.3 Å². The van der Waals surface area contributed by atoms with Crippen LogP contribution in [0.5, 0.6) is 0 Å². The standard InChI is InChI=1S/C15H19N3O6S/c19-13(16-10-15(14(20)21)3-7-24-8-4-15)11-2-1-5-18-6-9-25(22,23)17-12(11)18/h1-2,5H,3-4,6-10H2,(H,16,19)(H,20,21). The first-order valence-electron chi connectivity index (χ1n) is 7.90. The Hall–Kier alpha value is -2.20. The predicted molar refractivity (Wildman–Crippen MR) is 88.3 cm³/mol. The number of carbonyl (C=O) groups is 2. The van der Waals surface area contributed by atoms with Gasteiger partial charge in [0.15, 0.2) is 5.84 Å². The number of sulfonamides is 1. The molecule has 0 aromatic carbocycles. The van der Waals surface area contributed by atoms with Crippen molar-refractivity contribution < 1.29 is 27.9 Å². The molecule has 3 rings (SSSR count). The van der Waals surface area contributed by atoms with E-state index in [2.05, 4.69) is 9.71 Å². The van der Waals surface area contributed by atoms with Gasteiger partial charge in [-0.3, -0.25) is 9.59 Å². The van der Waals surface area contributed by atoms with Crippen LogP contribution in [-0.2, 0) is 24.3 Å². The SMILES string of the molecule is O=C(NCC1(C(=O)O)CCOCC1)C1=CC=CN2CCS(=O)(=O)N=C12. The topological polar surface area (TPSA) is 125 Å². The highest BCUT2D eigenvalue weighted by Crippen LogP contribution is 2.30. The van der Waals surface area contributed by atoms with Crippen molar-refractivity contribution in [2.75, 3.05) is 32.1 Å². The van der Waals surface area contributed by atoms with Crippen molar-refractivity contribution in [1.82, 2.24) is 10.2 Å². The minimum atomic E-state index is -3.60. The van der Waals surface area contributed by atoms with Crippen LogP contribution in [0.1, 0.15) is 12.8 Å². The zero-order valence-corrected chi connectivity index (χ0v) is 14.3. The Bertz CT molecular complexity index is 777. The van der Waals surface area contributed by atoms with Gasteiger partial charge in [0.05, 0.1) is 16.7 Å². The summed E-state index contributed by atoms with van der Waals surface area (Å²) in [5, 5.41) is 12.1. The first kappa shape index (κ1) is 17.6. The molecule has 3 aliphatic rings. The molecule has 1 amide bonds. The highest BCUT2D eigenvalue weighted by molar-refractivity contribution is 7.90. The Kier molecular flexibility index (Phi) is 4.65. The summed E-state index contributed by atoms with van der Waals surface area (Å²) in [4.78, 5) is 25.8. The number of nitrogens with zero attached hydrogens (tertiary/aromatic N) is 2. The molecule has 0 aromatic heterocycles. The molecule has 0 aromatic rings. The molecular formula is C15H19N3O6S. The molecular weight excluding hydrogens is 350 g/mol. The van der Waals surface area contributed by atoms with E-state index < -0.39 is 27.3 Å². The number of rotatable bonds is 4. The Balaban J connectivity index is 1.76. The highest BCUT2D eigenvalue weighted by atomic mass is 32.2. The number of hydrogen-bond acceptors (Lipinski definition) is 6. The molecule has 25 heavy (non-hydrogen) atoms. The molecule has 2 N–H and O–H groups in total. The number of allylic oxidation sites excluding steroid dienone is 2. The van der Waals surface area contributed by atoms with Gasteiger partial charge < -0.3 is 20.1 Å². The second kappa shape index (κ2) is 6.60. The molecule has 1 fully saturated rings. The third-order valence-electron chi connectivity index (χ3n) is 4.59. The van der Waals surface area contributed by atoms with Crippen molar-refractivity contribution in [3.8, 4) is 0 Å². The molecule has 1 saturated heterocycles. The maximum atomic E-state index is 12.5. The van der Waals surface area contributed by atoms with E-state index in [1.807, 2.05) is 0 Å². The number of carboxylic acid groups (broad SMARTS) is 1. The van der Waals surface area contributed by atoms with Gasteiger partial charge in [0.1, 0.15) is 0 Å². The van der Waals surface area contributed by atoms with Crippen molar-refractivity contribution in [3.05, 3.63) is 23.9 Å². The van der Waals surface area contributed by atoms with Crippen LogP contribution in [0.2, 0.25) is 0 Å². The summed E-state index contributed by atoms with van der Waals surface area (Å²) in [6, 6.07) is 0. The Morgan fingerprint density at radius 2 is 2.08 bits per heavy atom. The fourth-order valence-electron chi connectivity index (χ4n) is 2.97. The summed E-state index contributed by atoms with van der Waals surface area (Å²) in [6.45, 7) is 0.822. The van der Waals surface area contributed by atoms with Gasteiger partial charge in [-0.25, -0.2) is 8.42 Å². The maximum absolute atomic E-state index is 12.5. The summed E-state index contributed by atoms with van der Waals surface area (Å²) in [7, 11) is -3.60. The zero-order valence-electron chi connectivity index (χ0n) is 13.5. The summed E-state index contributed by atoms with van der Waals surface area (Å²) in [5.74, 6) is -1.56. The van der Waals surface area contributed by atoms with Crippen molar-refractivity contribution in [1.29, 1.82) is 0 Å². The lowest BCUT2D eigenvalue weighted by Gasteiger charge is -2.33. The number of amidine groups is 1. The third kappa shape index (κ3) is 3.59. The van der Waals surface area contributed by atoms with E-state index in [0.29, 0.717) is 26.1 Å². The normalized spacial score (nSPS) is 23.9. The number of amides is 1. The Morgan fingerprint density at radius 3 is 2.76 bits per heavy atom. The Labute approximate surface area is 145 Å². The molecule has 0 atom stereocenters. The summed E-state index contributed by atoms with van der Waals surface area (Å²) in [5.41, 5.74) is -0.961. The minimum absolute atomic E-state index is 0.0500. The van der Waals surface area contributed by atoms with Crippen LogP contribution in [0.3, 0.4) is 0 Å². The molecule has 3 aliphatic heterocycles. The van der Waals surface area contributed by atoms with Gasteiger partial charge in [-0.2, -0.15) is 0 Å². The van der Waals surface area contributed by atoms with Gasteiger partial charge in [-0.1, -0.05) is 0 Å². The lowest BCUT2D eigenvalue weighted by molar-refractivity contribution is -0.154. The van der Waals surface area contributed by atoms with E-state index in [1.165, 1.54) is 6.08 Å². The molecule has 3 heterocycles. The summed E-state index contributed by atoms with van der Waals surface area (Å²) in [6.07, 6.45) is 5.38. The van der Waals surface area contributed by atoms with E-state index in [4.69, 9.17) is 4.74 Å². The molecule has 0 radical (unpaired) electrons. The van der Waals surface area contributed by atoms with Crippen LogP contribution in [-0.4, -0.2) is 68.2 Å². The summed E-state index contributed by atoms with van der Waals surface area (Å²) >= 11 is 0. The lowest BCUT2D eigenvalue weighted by atomic mass is 9.80. The van der Waals surface area contributed by atoms with Crippen LogP contribution >= 0.6 is 0 Å². The molecule has 0 saturated carbocycles. The number of nitrogens with one attached hydrogen (secondary N) is 1. The smallest absolute Gasteiger partial charge is 0.311 e. The number of ether oxygens (including phenoxy) is 1. The van der Waals surface area contributed by atoms with Crippen LogP contribution in [0.4, 0.5) is 0 Å². The molecule has 0 bridgehead atoms. The van der Waals surface area contributed by atoms with Gasteiger partial charge in [0.2, 0.25) is 0 Å². The lowest BCUT2D eigenvalue weighted by Crippen LogP contribution is -2.48. The second-order valence-corrected chi connectivity index (χ2v) is 7.95. The fraction of sp³-hybridized carbons (Fsp3) is 0.533. The Morgan fingerprint density at radius 1 is 1.36 bits per heavy atom. The van der Waals surface area contributed by atoms with Gasteiger partial charge in [-0.15, -0.1) is 4.40 Å². The van der Waals surface area contributed by atoms with Crippen LogP contribution in [0.25, 0.3) is 0 Å². The molecule has 0 aliphatic carbocycles. The molecule has 9 nitrogen and oxygen atoms in total. The average Bonchev–Trinajstić information content (AvgIpc) is 2.59. The second-order valence-electron chi connectivity index (χ2n) is 6.20.